The highest BCUT2D eigenvalue weighted by molar-refractivity contribution is 7.91. The van der Waals surface area contributed by atoms with Crippen LogP contribution in [0.4, 0.5) is 0 Å². The minimum absolute atomic E-state index is 0.0129. The first kappa shape index (κ1) is 19.7. The van der Waals surface area contributed by atoms with Crippen molar-refractivity contribution < 1.29 is 18.3 Å². The molecule has 1 fully saturated rings. The molecule has 1 saturated heterocycles. The number of nitriles is 1. The van der Waals surface area contributed by atoms with E-state index in [1.54, 1.807) is 24.3 Å². The Labute approximate surface area is 149 Å². The number of unbranched alkanes of at least 4 members (excludes halogenated alkanes) is 1. The molecule has 1 N–H and O–H groups in total. The molecule has 1 aromatic rings. The van der Waals surface area contributed by atoms with Crippen molar-refractivity contribution in [3.63, 3.8) is 0 Å². The van der Waals surface area contributed by atoms with Crippen molar-refractivity contribution in [2.75, 3.05) is 31.2 Å². The molecule has 1 heterocycles. The second kappa shape index (κ2) is 9.18. The number of sulfone groups is 1. The molecule has 0 amide bonds. The van der Waals surface area contributed by atoms with Gasteiger partial charge in [-0.3, -0.25) is 4.90 Å². The summed E-state index contributed by atoms with van der Waals surface area (Å²) in [5.74, 6) is 1.01. The van der Waals surface area contributed by atoms with Gasteiger partial charge >= 0.3 is 0 Å². The van der Waals surface area contributed by atoms with E-state index in [9.17, 15) is 13.5 Å². The van der Waals surface area contributed by atoms with Gasteiger partial charge < -0.3 is 9.84 Å². The van der Waals surface area contributed by atoms with Crippen LogP contribution in [0.3, 0.4) is 0 Å². The molecule has 0 radical (unpaired) electrons. The SMILES string of the molecule is CCCCN(CC(O)COc1ccc(C#N)cc1)C1CCS(=O)(=O)C1. The van der Waals surface area contributed by atoms with E-state index in [0.717, 1.165) is 19.4 Å². The third-order valence-electron chi connectivity index (χ3n) is 4.39. The van der Waals surface area contributed by atoms with E-state index in [-0.39, 0.29) is 24.2 Å². The van der Waals surface area contributed by atoms with Gasteiger partial charge in [-0.1, -0.05) is 13.3 Å². The molecule has 1 aliphatic heterocycles. The fourth-order valence-corrected chi connectivity index (χ4v) is 4.75. The van der Waals surface area contributed by atoms with Crippen molar-refractivity contribution in [1.82, 2.24) is 4.90 Å². The highest BCUT2D eigenvalue weighted by atomic mass is 32.2. The quantitative estimate of drug-likeness (QED) is 0.714. The average molecular weight is 366 g/mol. The van der Waals surface area contributed by atoms with Gasteiger partial charge in [-0.25, -0.2) is 8.42 Å². The van der Waals surface area contributed by atoms with Crippen molar-refractivity contribution in [2.45, 2.75) is 38.3 Å². The highest BCUT2D eigenvalue weighted by Crippen LogP contribution is 2.19. The Kier molecular flexibility index (Phi) is 7.24. The topological polar surface area (TPSA) is 90.6 Å². The van der Waals surface area contributed by atoms with Crippen LogP contribution in [0, 0.1) is 11.3 Å². The number of aliphatic hydroxyl groups excluding tert-OH is 1. The number of nitrogens with zero attached hydrogens (tertiary/aromatic N) is 2. The van der Waals surface area contributed by atoms with Crippen molar-refractivity contribution >= 4 is 9.84 Å². The van der Waals surface area contributed by atoms with E-state index in [1.807, 2.05) is 6.07 Å². The second-order valence-corrected chi connectivity index (χ2v) is 8.74. The summed E-state index contributed by atoms with van der Waals surface area (Å²) in [6.07, 6.45) is 1.93. The maximum atomic E-state index is 11.7. The minimum Gasteiger partial charge on any atom is -0.491 e. The molecule has 0 saturated carbocycles. The summed E-state index contributed by atoms with van der Waals surface area (Å²) in [6, 6.07) is 8.76. The van der Waals surface area contributed by atoms with E-state index >= 15 is 0 Å². The van der Waals surface area contributed by atoms with Crippen LogP contribution < -0.4 is 4.74 Å². The molecule has 25 heavy (non-hydrogen) atoms. The maximum absolute atomic E-state index is 11.7. The lowest BCUT2D eigenvalue weighted by Gasteiger charge is -2.30. The molecule has 7 heteroatoms. The predicted molar refractivity (Wildman–Crippen MR) is 96.2 cm³/mol. The molecule has 138 valence electrons. The minimum atomic E-state index is -2.94. The Bertz CT molecular complexity index is 682. The van der Waals surface area contributed by atoms with Gasteiger partial charge in [0.05, 0.1) is 23.1 Å². The monoisotopic (exact) mass is 366 g/mol. The zero-order valence-corrected chi connectivity index (χ0v) is 15.4. The summed E-state index contributed by atoms with van der Waals surface area (Å²) in [5.41, 5.74) is 0.557. The van der Waals surface area contributed by atoms with Crippen molar-refractivity contribution in [1.29, 1.82) is 5.26 Å². The van der Waals surface area contributed by atoms with Crippen LogP contribution in [-0.2, 0) is 9.84 Å². The van der Waals surface area contributed by atoms with Gasteiger partial charge in [0.1, 0.15) is 18.5 Å². The van der Waals surface area contributed by atoms with Crippen molar-refractivity contribution in [3.05, 3.63) is 29.8 Å². The molecule has 2 atom stereocenters. The summed E-state index contributed by atoms with van der Waals surface area (Å²) >= 11 is 0. The van der Waals surface area contributed by atoms with Gasteiger partial charge in [-0.05, 0) is 43.7 Å². The molecule has 2 rings (SSSR count). The summed E-state index contributed by atoms with van der Waals surface area (Å²) in [4.78, 5) is 2.08. The maximum Gasteiger partial charge on any atom is 0.151 e. The number of benzene rings is 1. The number of aliphatic hydroxyl groups is 1. The number of ether oxygens (including phenoxy) is 1. The number of hydrogen-bond donors (Lipinski definition) is 1. The van der Waals surface area contributed by atoms with Crippen LogP contribution in [0.15, 0.2) is 24.3 Å². The number of rotatable bonds is 9. The highest BCUT2D eigenvalue weighted by Gasteiger charge is 2.32. The van der Waals surface area contributed by atoms with Crippen LogP contribution >= 0.6 is 0 Å². The molecular formula is C18H26N2O4S. The summed E-state index contributed by atoms with van der Waals surface area (Å²) in [6.45, 7) is 3.41. The van der Waals surface area contributed by atoms with Gasteiger partial charge in [0.25, 0.3) is 0 Å². The van der Waals surface area contributed by atoms with Crippen LogP contribution in [0.25, 0.3) is 0 Å². The van der Waals surface area contributed by atoms with Gasteiger partial charge in [0.2, 0.25) is 0 Å². The van der Waals surface area contributed by atoms with Crippen LogP contribution in [0.1, 0.15) is 31.7 Å². The zero-order chi connectivity index (χ0) is 18.3. The van der Waals surface area contributed by atoms with E-state index in [0.29, 0.717) is 24.3 Å². The smallest absolute Gasteiger partial charge is 0.151 e. The Morgan fingerprint density at radius 1 is 1.40 bits per heavy atom. The van der Waals surface area contributed by atoms with E-state index in [2.05, 4.69) is 11.8 Å². The zero-order valence-electron chi connectivity index (χ0n) is 14.6. The van der Waals surface area contributed by atoms with E-state index in [4.69, 9.17) is 10.00 Å². The van der Waals surface area contributed by atoms with Gasteiger partial charge in [0.15, 0.2) is 9.84 Å². The molecule has 0 bridgehead atoms. The Morgan fingerprint density at radius 3 is 2.68 bits per heavy atom. The van der Waals surface area contributed by atoms with Gasteiger partial charge in [-0.15, -0.1) is 0 Å². The molecule has 2 unspecified atom stereocenters. The third-order valence-corrected chi connectivity index (χ3v) is 6.15. The first-order chi connectivity index (χ1) is 11.9. The summed E-state index contributed by atoms with van der Waals surface area (Å²) < 4.78 is 29.0. The van der Waals surface area contributed by atoms with E-state index < -0.39 is 15.9 Å². The van der Waals surface area contributed by atoms with Crippen LogP contribution in [-0.4, -0.2) is 61.8 Å². The predicted octanol–water partition coefficient (Wildman–Crippen LogP) is 1.59. The number of hydrogen-bond acceptors (Lipinski definition) is 6. The van der Waals surface area contributed by atoms with Crippen molar-refractivity contribution in [2.24, 2.45) is 0 Å². The Balaban J connectivity index is 1.87. The van der Waals surface area contributed by atoms with Gasteiger partial charge in [-0.2, -0.15) is 5.26 Å². The normalized spacial score (nSPS) is 20.3. The summed E-state index contributed by atoms with van der Waals surface area (Å²) in [7, 11) is -2.94. The fraction of sp³-hybridized carbons (Fsp3) is 0.611. The fourth-order valence-electron chi connectivity index (χ4n) is 2.99. The summed E-state index contributed by atoms with van der Waals surface area (Å²) in [5, 5.41) is 19.1. The largest absolute Gasteiger partial charge is 0.491 e. The lowest BCUT2D eigenvalue weighted by atomic mass is 10.1. The molecule has 0 aliphatic carbocycles. The van der Waals surface area contributed by atoms with Gasteiger partial charge in [0, 0.05) is 12.6 Å². The molecule has 6 nitrogen and oxygen atoms in total. The third kappa shape index (κ3) is 6.31. The Morgan fingerprint density at radius 2 is 2.12 bits per heavy atom. The molecule has 1 aliphatic rings. The first-order valence-electron chi connectivity index (χ1n) is 8.69. The lowest BCUT2D eigenvalue weighted by molar-refractivity contribution is 0.0552. The van der Waals surface area contributed by atoms with Crippen LogP contribution in [0.5, 0.6) is 5.75 Å². The molecule has 0 spiro atoms. The molecule has 0 aromatic heterocycles. The van der Waals surface area contributed by atoms with Crippen LogP contribution in [0.2, 0.25) is 0 Å². The lowest BCUT2D eigenvalue weighted by Crippen LogP contribution is -2.43. The van der Waals surface area contributed by atoms with Crippen molar-refractivity contribution in [3.8, 4) is 11.8 Å². The second-order valence-electron chi connectivity index (χ2n) is 6.51. The average Bonchev–Trinajstić information content (AvgIpc) is 2.97. The van der Waals surface area contributed by atoms with E-state index in [1.165, 1.54) is 0 Å². The first-order valence-corrected chi connectivity index (χ1v) is 10.5. The molecule has 1 aromatic carbocycles. The standard InChI is InChI=1S/C18H26N2O4S/c1-2-3-9-20(16-8-10-25(22,23)14-16)12-17(21)13-24-18-6-4-15(11-19)5-7-18/h4-7,16-17,21H,2-3,8-10,12-14H2,1H3. The Hall–Kier alpha value is -1.62. The molecular weight excluding hydrogens is 340 g/mol.